The lowest BCUT2D eigenvalue weighted by atomic mass is 10.0. The van der Waals surface area contributed by atoms with Crippen LogP contribution in [0.5, 0.6) is 5.75 Å². The van der Waals surface area contributed by atoms with Crippen LogP contribution in [-0.4, -0.2) is 35.8 Å². The molecule has 3 N–H and O–H groups in total. The highest BCUT2D eigenvalue weighted by molar-refractivity contribution is 8.02. The Morgan fingerprint density at radius 3 is 2.42 bits per heavy atom. The second kappa shape index (κ2) is 14.5. The summed E-state index contributed by atoms with van der Waals surface area (Å²) in [5, 5.41) is 2.99. The van der Waals surface area contributed by atoms with Crippen molar-refractivity contribution in [3.8, 4) is 5.75 Å². The average molecular weight is 644 g/mol. The molecule has 4 aromatic rings. The number of rotatable bonds is 12. The standard InChI is InChI=1S/C35H34ClN3O5S/c1-35(18-20-43-34(42)38-19-17-24-9-5-11-28(36)21-24)33(41)39(29-12-6-10-27(22-29)31(37)40)32(45-35)26-13-15-30(16-14-26)44-23-25-7-3-2-4-8-25/h2-16,21-22,32H,17-20,23H2,1H3,(H2,37,40)(H,38,42). The van der Waals surface area contributed by atoms with Gasteiger partial charge in [-0.2, -0.15) is 0 Å². The van der Waals surface area contributed by atoms with E-state index in [9.17, 15) is 14.4 Å². The molecule has 0 aliphatic carbocycles. The first kappa shape index (κ1) is 31.9. The van der Waals surface area contributed by atoms with Crippen molar-refractivity contribution in [2.75, 3.05) is 18.1 Å². The molecule has 1 fully saturated rings. The number of nitrogens with one attached hydrogen (secondary N) is 1. The van der Waals surface area contributed by atoms with Gasteiger partial charge in [0, 0.05) is 29.2 Å². The average Bonchev–Trinajstić information content (AvgIpc) is 3.30. The summed E-state index contributed by atoms with van der Waals surface area (Å²) in [5.74, 6) is -0.0321. The van der Waals surface area contributed by atoms with Crippen LogP contribution < -0.4 is 20.7 Å². The zero-order chi connectivity index (χ0) is 31.8. The van der Waals surface area contributed by atoms with Crippen LogP contribution in [0.3, 0.4) is 0 Å². The molecule has 232 valence electrons. The molecule has 2 unspecified atom stereocenters. The van der Waals surface area contributed by atoms with Gasteiger partial charge in [-0.05, 0) is 72.5 Å². The van der Waals surface area contributed by atoms with Gasteiger partial charge < -0.3 is 20.5 Å². The molecule has 1 aliphatic heterocycles. The Bertz CT molecular complexity index is 1650. The van der Waals surface area contributed by atoms with E-state index in [4.69, 9.17) is 26.8 Å². The fraction of sp³-hybridized carbons (Fsp3) is 0.229. The monoisotopic (exact) mass is 643 g/mol. The van der Waals surface area contributed by atoms with Gasteiger partial charge in [0.15, 0.2) is 0 Å². The molecule has 3 amide bonds. The third kappa shape index (κ3) is 8.17. The number of nitrogens with two attached hydrogens (primary N) is 1. The largest absolute Gasteiger partial charge is 0.489 e. The number of amides is 3. The Morgan fingerprint density at radius 2 is 1.69 bits per heavy atom. The minimum atomic E-state index is -0.906. The number of halogens is 1. The topological polar surface area (TPSA) is 111 Å². The van der Waals surface area contributed by atoms with Crippen molar-refractivity contribution in [3.63, 3.8) is 0 Å². The molecule has 45 heavy (non-hydrogen) atoms. The van der Waals surface area contributed by atoms with Gasteiger partial charge in [-0.15, -0.1) is 11.8 Å². The molecule has 1 heterocycles. The minimum absolute atomic E-state index is 0.0480. The Hall–Kier alpha value is -4.47. The number of carbonyl (C=O) groups is 3. The van der Waals surface area contributed by atoms with Crippen molar-refractivity contribution in [1.82, 2.24) is 5.32 Å². The van der Waals surface area contributed by atoms with Crippen molar-refractivity contribution in [2.24, 2.45) is 5.73 Å². The second-order valence-corrected chi connectivity index (χ2v) is 12.8. The van der Waals surface area contributed by atoms with Gasteiger partial charge in [-0.1, -0.05) is 72.3 Å². The van der Waals surface area contributed by atoms with Crippen LogP contribution in [0.1, 0.15) is 45.8 Å². The van der Waals surface area contributed by atoms with Gasteiger partial charge in [0.05, 0.1) is 11.4 Å². The lowest BCUT2D eigenvalue weighted by Crippen LogP contribution is -2.38. The third-order valence-electron chi connectivity index (χ3n) is 7.48. The molecule has 1 saturated heterocycles. The molecule has 1 aliphatic rings. The summed E-state index contributed by atoms with van der Waals surface area (Å²) in [6.45, 7) is 2.73. The van der Waals surface area contributed by atoms with Gasteiger partial charge in [0.25, 0.3) is 0 Å². The molecule has 0 bridgehead atoms. The summed E-state index contributed by atoms with van der Waals surface area (Å²) < 4.78 is 10.5. The maximum absolute atomic E-state index is 14.0. The van der Waals surface area contributed by atoms with E-state index >= 15 is 0 Å². The van der Waals surface area contributed by atoms with E-state index in [0.29, 0.717) is 48.0 Å². The number of hydrogen-bond donors (Lipinski definition) is 2. The molecule has 0 saturated carbocycles. The van der Waals surface area contributed by atoms with Crippen molar-refractivity contribution in [2.45, 2.75) is 36.5 Å². The van der Waals surface area contributed by atoms with E-state index in [1.54, 1.807) is 35.2 Å². The molecule has 8 nitrogen and oxygen atoms in total. The van der Waals surface area contributed by atoms with Crippen LogP contribution in [0.2, 0.25) is 5.02 Å². The molecule has 10 heteroatoms. The predicted octanol–water partition coefficient (Wildman–Crippen LogP) is 6.91. The lowest BCUT2D eigenvalue weighted by Gasteiger charge is -2.25. The first-order valence-corrected chi connectivity index (χ1v) is 15.8. The Labute approximate surface area is 271 Å². The maximum Gasteiger partial charge on any atom is 0.407 e. The van der Waals surface area contributed by atoms with Gasteiger partial charge >= 0.3 is 6.09 Å². The maximum atomic E-state index is 14.0. The normalized spacial score (nSPS) is 17.6. The molecule has 4 aromatic carbocycles. The number of carbonyl (C=O) groups excluding carboxylic acids is 3. The zero-order valence-electron chi connectivity index (χ0n) is 24.8. The first-order chi connectivity index (χ1) is 21.7. The highest BCUT2D eigenvalue weighted by atomic mass is 35.5. The molecule has 0 radical (unpaired) electrons. The number of hydrogen-bond acceptors (Lipinski definition) is 6. The second-order valence-electron chi connectivity index (χ2n) is 10.8. The van der Waals surface area contributed by atoms with E-state index in [1.807, 2.05) is 79.7 Å². The summed E-state index contributed by atoms with van der Waals surface area (Å²) in [5.41, 5.74) is 9.36. The molecule has 0 aromatic heterocycles. The number of primary amides is 1. The summed E-state index contributed by atoms with van der Waals surface area (Å²) in [4.78, 5) is 40.1. The fourth-order valence-electron chi connectivity index (χ4n) is 5.02. The Morgan fingerprint density at radius 1 is 0.956 bits per heavy atom. The predicted molar refractivity (Wildman–Crippen MR) is 178 cm³/mol. The van der Waals surface area contributed by atoms with Crippen molar-refractivity contribution in [1.29, 1.82) is 0 Å². The summed E-state index contributed by atoms with van der Waals surface area (Å²) in [6, 6.07) is 31.7. The molecule has 2 atom stereocenters. The van der Waals surface area contributed by atoms with E-state index < -0.39 is 22.1 Å². The van der Waals surface area contributed by atoms with Crippen LogP contribution in [0.4, 0.5) is 10.5 Å². The number of ether oxygens (including phenoxy) is 2. The minimum Gasteiger partial charge on any atom is -0.489 e. The summed E-state index contributed by atoms with van der Waals surface area (Å²) in [7, 11) is 0. The van der Waals surface area contributed by atoms with E-state index in [-0.39, 0.29) is 12.5 Å². The van der Waals surface area contributed by atoms with Crippen LogP contribution in [0.25, 0.3) is 0 Å². The SMILES string of the molecule is CC1(CCOC(=O)NCCc2cccc(Cl)c2)SC(c2ccc(OCc3ccccc3)cc2)N(c2cccc(C(N)=O)c2)C1=O. The molecular weight excluding hydrogens is 610 g/mol. The number of thioether (sulfide) groups is 1. The van der Waals surface area contributed by atoms with Gasteiger partial charge in [-0.3, -0.25) is 14.5 Å². The highest BCUT2D eigenvalue weighted by Crippen LogP contribution is 2.52. The lowest BCUT2D eigenvalue weighted by molar-refractivity contribution is -0.120. The number of alkyl carbamates (subject to hydrolysis) is 1. The summed E-state index contributed by atoms with van der Waals surface area (Å²) in [6.07, 6.45) is 0.349. The summed E-state index contributed by atoms with van der Waals surface area (Å²) >= 11 is 7.50. The van der Waals surface area contributed by atoms with E-state index in [0.717, 1.165) is 16.7 Å². The fourth-order valence-corrected chi connectivity index (χ4v) is 6.74. The van der Waals surface area contributed by atoms with Crippen LogP contribution >= 0.6 is 23.4 Å². The molecule has 5 rings (SSSR count). The van der Waals surface area contributed by atoms with Crippen LogP contribution in [0.15, 0.2) is 103 Å². The number of benzene rings is 4. The Balaban J connectivity index is 1.26. The van der Waals surface area contributed by atoms with Crippen molar-refractivity contribution in [3.05, 3.63) is 130 Å². The molecular formula is C35H34ClN3O5S. The number of nitrogens with zero attached hydrogens (tertiary/aromatic N) is 1. The first-order valence-electron chi connectivity index (χ1n) is 14.5. The quantitative estimate of drug-likeness (QED) is 0.173. The Kier molecular flexibility index (Phi) is 10.3. The third-order valence-corrected chi connectivity index (χ3v) is 9.32. The van der Waals surface area contributed by atoms with Crippen molar-refractivity contribution < 1.29 is 23.9 Å². The smallest absolute Gasteiger partial charge is 0.407 e. The van der Waals surface area contributed by atoms with Gasteiger partial charge in [0.2, 0.25) is 11.8 Å². The van der Waals surface area contributed by atoms with E-state index in [1.165, 1.54) is 11.8 Å². The van der Waals surface area contributed by atoms with Crippen LogP contribution in [0, 0.1) is 0 Å². The number of anilines is 1. The van der Waals surface area contributed by atoms with E-state index in [2.05, 4.69) is 5.32 Å². The van der Waals surface area contributed by atoms with Crippen molar-refractivity contribution >= 4 is 47.0 Å². The molecule has 0 spiro atoms. The van der Waals surface area contributed by atoms with Gasteiger partial charge in [0.1, 0.15) is 17.7 Å². The van der Waals surface area contributed by atoms with Gasteiger partial charge in [-0.25, -0.2) is 4.79 Å². The highest BCUT2D eigenvalue weighted by Gasteiger charge is 2.50. The van der Waals surface area contributed by atoms with Crippen LogP contribution in [-0.2, 0) is 22.6 Å². The zero-order valence-corrected chi connectivity index (χ0v) is 26.4.